The quantitative estimate of drug-likeness (QED) is 0.0853. The van der Waals surface area contributed by atoms with Crippen molar-refractivity contribution in [1.82, 2.24) is 0 Å². The van der Waals surface area contributed by atoms with Gasteiger partial charge in [-0.2, -0.15) is 0 Å². The molecule has 0 amide bonds. The highest BCUT2D eigenvalue weighted by Gasteiger charge is 2.09. The van der Waals surface area contributed by atoms with Gasteiger partial charge in [0, 0.05) is 0 Å². The summed E-state index contributed by atoms with van der Waals surface area (Å²) in [7, 11) is 0. The maximum atomic E-state index is 3.57. The van der Waals surface area contributed by atoms with Crippen LogP contribution in [0.5, 0.6) is 0 Å². The fourth-order valence-corrected chi connectivity index (χ4v) is 6.26. The first-order valence-electron chi connectivity index (χ1n) is 18.3. The fourth-order valence-electron chi connectivity index (χ4n) is 6.26. The molecular formula is C39H71. The second-order valence-corrected chi connectivity index (χ2v) is 12.7. The molecule has 0 bridgehead atoms. The smallest absolute Gasteiger partial charge is 0.0178 e. The monoisotopic (exact) mass is 540 g/mol. The van der Waals surface area contributed by atoms with Gasteiger partial charge in [-0.05, 0) is 61.3 Å². The molecule has 1 radical (unpaired) electrons. The Morgan fingerprint density at radius 2 is 0.590 bits per heavy atom. The minimum atomic E-state index is 1.28. The summed E-state index contributed by atoms with van der Waals surface area (Å²) in [5, 5.41) is 0. The maximum Gasteiger partial charge on any atom is -0.0178 e. The van der Waals surface area contributed by atoms with E-state index in [0.717, 1.165) is 0 Å². The van der Waals surface area contributed by atoms with Crippen molar-refractivity contribution in [3.8, 4) is 0 Å². The molecule has 0 N–H and O–H groups in total. The molecule has 0 unspecified atom stereocenters. The first kappa shape index (κ1) is 36.2. The van der Waals surface area contributed by atoms with E-state index in [1.807, 2.05) is 0 Å². The van der Waals surface area contributed by atoms with Gasteiger partial charge in [0.25, 0.3) is 0 Å². The van der Waals surface area contributed by atoms with Crippen LogP contribution in [0.3, 0.4) is 0 Å². The Morgan fingerprint density at radius 3 is 0.897 bits per heavy atom. The van der Waals surface area contributed by atoms with Crippen LogP contribution in [0, 0.1) is 6.07 Å². The molecule has 0 heterocycles. The van der Waals surface area contributed by atoms with Gasteiger partial charge in [0.1, 0.15) is 0 Å². The normalized spacial score (nSPS) is 11.5. The van der Waals surface area contributed by atoms with Crippen LogP contribution in [0.1, 0.15) is 211 Å². The van der Waals surface area contributed by atoms with Gasteiger partial charge in [-0.25, -0.2) is 0 Å². The Balaban J connectivity index is 2.44. The summed E-state index contributed by atoms with van der Waals surface area (Å²) in [6.07, 6.45) is 42.3. The molecule has 227 valence electrons. The molecule has 0 fully saturated rings. The minimum Gasteiger partial charge on any atom is -0.0654 e. The number of benzene rings is 1. The van der Waals surface area contributed by atoms with Crippen molar-refractivity contribution in [2.45, 2.75) is 213 Å². The van der Waals surface area contributed by atoms with Crippen LogP contribution >= 0.6 is 0 Å². The molecule has 0 aromatic heterocycles. The highest BCUT2D eigenvalue weighted by Crippen LogP contribution is 2.23. The minimum absolute atomic E-state index is 1.28. The summed E-state index contributed by atoms with van der Waals surface area (Å²) < 4.78 is 0. The van der Waals surface area contributed by atoms with Crippen molar-refractivity contribution < 1.29 is 0 Å². The Hall–Kier alpha value is -0.780. The van der Waals surface area contributed by atoms with Crippen LogP contribution in [-0.2, 0) is 19.3 Å². The Labute approximate surface area is 247 Å². The van der Waals surface area contributed by atoms with Crippen LogP contribution in [0.2, 0.25) is 0 Å². The molecule has 0 spiro atoms. The number of unbranched alkanes of at least 4 members (excludes halogenated alkanes) is 24. The van der Waals surface area contributed by atoms with Crippen LogP contribution in [0.15, 0.2) is 12.1 Å². The van der Waals surface area contributed by atoms with Crippen molar-refractivity contribution in [2.75, 3.05) is 0 Å². The predicted molar refractivity (Wildman–Crippen MR) is 178 cm³/mol. The van der Waals surface area contributed by atoms with Gasteiger partial charge in [0.15, 0.2) is 0 Å². The Morgan fingerprint density at radius 1 is 0.333 bits per heavy atom. The lowest BCUT2D eigenvalue weighted by molar-refractivity contribution is 0.558. The van der Waals surface area contributed by atoms with Gasteiger partial charge in [-0.3, -0.25) is 0 Å². The summed E-state index contributed by atoms with van der Waals surface area (Å²) in [4.78, 5) is 0. The van der Waals surface area contributed by atoms with Crippen LogP contribution < -0.4 is 0 Å². The first-order chi connectivity index (χ1) is 19.3. The van der Waals surface area contributed by atoms with Crippen molar-refractivity contribution in [1.29, 1.82) is 0 Å². The summed E-state index contributed by atoms with van der Waals surface area (Å²) in [5.41, 5.74) is 5.02. The summed E-state index contributed by atoms with van der Waals surface area (Å²) >= 11 is 0. The Bertz CT molecular complexity index is 574. The second kappa shape index (κ2) is 28.7. The molecule has 0 nitrogen and oxygen atoms in total. The number of rotatable bonds is 30. The van der Waals surface area contributed by atoms with Gasteiger partial charge in [-0.1, -0.05) is 187 Å². The van der Waals surface area contributed by atoms with E-state index in [1.54, 1.807) is 16.7 Å². The molecule has 39 heavy (non-hydrogen) atoms. The Kier molecular flexibility index (Phi) is 26.7. The van der Waals surface area contributed by atoms with Crippen molar-refractivity contribution in [2.24, 2.45) is 0 Å². The van der Waals surface area contributed by atoms with Gasteiger partial charge >= 0.3 is 0 Å². The van der Waals surface area contributed by atoms with Crippen molar-refractivity contribution in [3.05, 3.63) is 34.9 Å². The zero-order chi connectivity index (χ0) is 28.1. The summed E-state index contributed by atoms with van der Waals surface area (Å²) in [5.74, 6) is 0. The van der Waals surface area contributed by atoms with E-state index >= 15 is 0 Å². The molecule has 0 atom stereocenters. The standard InChI is InChI=1S/C39H71/c1-4-7-10-13-16-19-22-25-28-32-37-34-31-35-38(33-29-26-23-20-17-14-11-8-5-2)39(37)36-30-27-24-21-18-15-12-9-6-3/h34-35H,4-30,32-33,36H2,1-3H3. The average Bonchev–Trinajstić information content (AvgIpc) is 2.95. The van der Waals surface area contributed by atoms with E-state index < -0.39 is 0 Å². The predicted octanol–water partition coefficient (Wildman–Crippen LogP) is 13.7. The lowest BCUT2D eigenvalue weighted by Crippen LogP contribution is -2.02. The SMILES string of the molecule is CCCCCCCCCCCc1c[c]cc(CCCCCCCCCCC)c1CCCCCCCCCCC. The molecule has 1 aromatic rings. The molecule has 0 aliphatic rings. The number of aryl methyl sites for hydroxylation is 2. The summed E-state index contributed by atoms with van der Waals surface area (Å²) in [6, 6.07) is 8.28. The largest absolute Gasteiger partial charge is 0.0654 e. The number of hydrogen-bond acceptors (Lipinski definition) is 0. The molecule has 0 saturated carbocycles. The maximum absolute atomic E-state index is 3.57. The van der Waals surface area contributed by atoms with Crippen LogP contribution in [-0.4, -0.2) is 0 Å². The third kappa shape index (κ3) is 21.6. The molecule has 1 aromatic carbocycles. The third-order valence-corrected chi connectivity index (χ3v) is 8.92. The number of hydrogen-bond donors (Lipinski definition) is 0. The average molecular weight is 540 g/mol. The molecule has 1 rings (SSSR count). The van der Waals surface area contributed by atoms with Crippen LogP contribution in [0.25, 0.3) is 0 Å². The first-order valence-corrected chi connectivity index (χ1v) is 18.3. The zero-order valence-corrected chi connectivity index (χ0v) is 27.4. The van der Waals surface area contributed by atoms with Gasteiger partial charge in [0.05, 0.1) is 0 Å². The van der Waals surface area contributed by atoms with Gasteiger partial charge in [0.2, 0.25) is 0 Å². The van der Waals surface area contributed by atoms with E-state index in [2.05, 4.69) is 39.0 Å². The highest BCUT2D eigenvalue weighted by atomic mass is 14.1. The lowest BCUT2D eigenvalue weighted by atomic mass is 9.90. The topological polar surface area (TPSA) is 0 Å². The van der Waals surface area contributed by atoms with Crippen LogP contribution in [0.4, 0.5) is 0 Å². The fraction of sp³-hybridized carbons (Fsp3) is 0.846. The van der Waals surface area contributed by atoms with E-state index in [0.29, 0.717) is 0 Å². The highest BCUT2D eigenvalue weighted by molar-refractivity contribution is 5.35. The van der Waals surface area contributed by atoms with Gasteiger partial charge in [-0.15, -0.1) is 0 Å². The van der Waals surface area contributed by atoms with E-state index in [-0.39, 0.29) is 0 Å². The third-order valence-electron chi connectivity index (χ3n) is 8.92. The second-order valence-electron chi connectivity index (χ2n) is 12.7. The van der Waals surface area contributed by atoms with Crippen molar-refractivity contribution >= 4 is 0 Å². The zero-order valence-electron chi connectivity index (χ0n) is 27.4. The molecule has 0 aliphatic carbocycles. The molecule has 0 saturated heterocycles. The van der Waals surface area contributed by atoms with E-state index in [9.17, 15) is 0 Å². The van der Waals surface area contributed by atoms with Gasteiger partial charge < -0.3 is 0 Å². The molecule has 0 heteroatoms. The molecular weight excluding hydrogens is 468 g/mol. The lowest BCUT2D eigenvalue weighted by Gasteiger charge is -2.15. The van der Waals surface area contributed by atoms with E-state index in [4.69, 9.17) is 0 Å². The van der Waals surface area contributed by atoms with Crippen molar-refractivity contribution in [3.63, 3.8) is 0 Å². The summed E-state index contributed by atoms with van der Waals surface area (Å²) in [6.45, 7) is 6.94. The molecule has 0 aliphatic heterocycles. The van der Waals surface area contributed by atoms with E-state index in [1.165, 1.54) is 193 Å².